The average molecular weight is 294 g/mol. The molecule has 6 heteroatoms. The minimum atomic E-state index is -0.476. The second kappa shape index (κ2) is 6.28. The molecule has 0 aliphatic heterocycles. The lowest BCUT2D eigenvalue weighted by molar-refractivity contribution is -0.142. The van der Waals surface area contributed by atoms with Gasteiger partial charge in [-0.15, -0.1) is 0 Å². The maximum absolute atomic E-state index is 11.9. The van der Waals surface area contributed by atoms with Crippen molar-refractivity contribution in [2.75, 3.05) is 18.2 Å². The molecule has 0 aliphatic rings. The molecule has 0 saturated heterocycles. The van der Waals surface area contributed by atoms with Crippen LogP contribution in [0.5, 0.6) is 0 Å². The minimum Gasteiger partial charge on any atom is -0.467 e. The van der Waals surface area contributed by atoms with Gasteiger partial charge in [-0.05, 0) is 12.8 Å². The molecule has 0 amide bonds. The Kier molecular flexibility index (Phi) is 5.15. The fourth-order valence-electron chi connectivity index (χ4n) is 1.78. The first-order chi connectivity index (χ1) is 9.57. The molecule has 0 aromatic carbocycles. The Bertz CT molecular complexity index is 521. The van der Waals surface area contributed by atoms with E-state index < -0.39 is 6.04 Å². The number of carbonyl (C=O) groups excluding carboxylic acids is 1. The lowest BCUT2D eigenvalue weighted by atomic mass is 9.95. The van der Waals surface area contributed by atoms with Crippen LogP contribution >= 0.6 is 0 Å². The molecule has 1 aromatic rings. The quantitative estimate of drug-likeness (QED) is 0.828. The summed E-state index contributed by atoms with van der Waals surface area (Å²) in [6.07, 6.45) is 0. The number of nitrogen functional groups attached to an aromatic ring is 1. The molecule has 0 spiro atoms. The number of nitrogens with one attached hydrogen (secondary N) is 1. The summed E-state index contributed by atoms with van der Waals surface area (Å²) in [6, 6.07) is -0.476. The molecule has 6 nitrogen and oxygen atoms in total. The highest BCUT2D eigenvalue weighted by Gasteiger charge is 2.26. The SMILES string of the molecule is COC(=O)C(Nc1nc(C(C)(C)C)nc(N)c1C)C(C)C. The standard InChI is InChI=1S/C15H26N4O2/c1-8(2)10(13(20)21-7)17-12-9(3)11(16)18-14(19-12)15(4,5)6/h8,10H,1-7H3,(H3,16,17,18,19). The number of esters is 1. The smallest absolute Gasteiger partial charge is 0.328 e. The van der Waals surface area contributed by atoms with Gasteiger partial charge in [0, 0.05) is 11.0 Å². The Morgan fingerprint density at radius 2 is 1.86 bits per heavy atom. The van der Waals surface area contributed by atoms with Gasteiger partial charge >= 0.3 is 5.97 Å². The fraction of sp³-hybridized carbons (Fsp3) is 0.667. The van der Waals surface area contributed by atoms with Crippen LogP contribution in [0.15, 0.2) is 0 Å². The topological polar surface area (TPSA) is 90.1 Å². The second-order valence-electron chi connectivity index (χ2n) is 6.55. The minimum absolute atomic E-state index is 0.0612. The largest absolute Gasteiger partial charge is 0.467 e. The number of nitrogens with zero attached hydrogens (tertiary/aromatic N) is 2. The van der Waals surface area contributed by atoms with E-state index in [-0.39, 0.29) is 17.3 Å². The van der Waals surface area contributed by atoms with E-state index in [9.17, 15) is 4.79 Å². The highest BCUT2D eigenvalue weighted by atomic mass is 16.5. The summed E-state index contributed by atoms with van der Waals surface area (Å²) in [6.45, 7) is 11.8. The van der Waals surface area contributed by atoms with Gasteiger partial charge in [-0.25, -0.2) is 14.8 Å². The van der Waals surface area contributed by atoms with Crippen LogP contribution in [0.1, 0.15) is 46.0 Å². The predicted octanol–water partition coefficient (Wildman–Crippen LogP) is 2.27. The molecule has 1 aromatic heterocycles. The van der Waals surface area contributed by atoms with Crippen molar-refractivity contribution < 1.29 is 9.53 Å². The molecular weight excluding hydrogens is 268 g/mol. The lowest BCUT2D eigenvalue weighted by Gasteiger charge is -2.24. The second-order valence-corrected chi connectivity index (χ2v) is 6.55. The van der Waals surface area contributed by atoms with Crippen molar-refractivity contribution in [3.63, 3.8) is 0 Å². The number of hydrogen-bond donors (Lipinski definition) is 2. The summed E-state index contributed by atoms with van der Waals surface area (Å²) in [4.78, 5) is 20.7. The molecule has 0 bridgehead atoms. The summed E-state index contributed by atoms with van der Waals surface area (Å²) < 4.78 is 4.84. The van der Waals surface area contributed by atoms with Crippen LogP contribution in [0.25, 0.3) is 0 Å². The van der Waals surface area contributed by atoms with E-state index in [0.29, 0.717) is 17.5 Å². The third-order valence-electron chi connectivity index (χ3n) is 3.27. The highest BCUT2D eigenvalue weighted by Crippen LogP contribution is 2.25. The van der Waals surface area contributed by atoms with Crippen LogP contribution < -0.4 is 11.1 Å². The Morgan fingerprint density at radius 3 is 2.29 bits per heavy atom. The number of hydrogen-bond acceptors (Lipinski definition) is 6. The normalized spacial score (nSPS) is 13.1. The first kappa shape index (κ1) is 17.2. The van der Waals surface area contributed by atoms with Crippen LogP contribution in [0.2, 0.25) is 0 Å². The first-order valence-electron chi connectivity index (χ1n) is 7.06. The number of ether oxygens (including phenoxy) is 1. The van der Waals surface area contributed by atoms with Crippen LogP contribution in [-0.2, 0) is 14.9 Å². The zero-order chi connectivity index (χ0) is 16.4. The maximum Gasteiger partial charge on any atom is 0.328 e. The Balaban J connectivity index is 3.23. The van der Waals surface area contributed by atoms with Crippen molar-refractivity contribution in [1.82, 2.24) is 9.97 Å². The van der Waals surface area contributed by atoms with Gasteiger partial charge in [0.15, 0.2) is 0 Å². The van der Waals surface area contributed by atoms with Gasteiger partial charge in [-0.3, -0.25) is 0 Å². The predicted molar refractivity (Wildman–Crippen MR) is 84.1 cm³/mol. The number of anilines is 2. The molecule has 118 valence electrons. The van der Waals surface area contributed by atoms with Crippen LogP contribution in [0, 0.1) is 12.8 Å². The van der Waals surface area contributed by atoms with E-state index in [1.807, 2.05) is 41.5 Å². The van der Waals surface area contributed by atoms with Crippen molar-refractivity contribution in [2.24, 2.45) is 5.92 Å². The van der Waals surface area contributed by atoms with E-state index in [1.54, 1.807) is 0 Å². The molecule has 0 aliphatic carbocycles. The molecule has 0 saturated carbocycles. The molecule has 0 radical (unpaired) electrons. The lowest BCUT2D eigenvalue weighted by Crippen LogP contribution is -2.36. The third-order valence-corrected chi connectivity index (χ3v) is 3.27. The van der Waals surface area contributed by atoms with Crippen molar-refractivity contribution in [3.8, 4) is 0 Å². The summed E-state index contributed by atoms with van der Waals surface area (Å²) in [7, 11) is 1.38. The van der Waals surface area contributed by atoms with Gasteiger partial charge < -0.3 is 15.8 Å². The summed E-state index contributed by atoms with van der Waals surface area (Å²) >= 11 is 0. The van der Waals surface area contributed by atoms with Gasteiger partial charge in [0.1, 0.15) is 23.5 Å². The molecule has 0 fully saturated rings. The van der Waals surface area contributed by atoms with Crippen molar-refractivity contribution >= 4 is 17.6 Å². The van der Waals surface area contributed by atoms with E-state index >= 15 is 0 Å². The van der Waals surface area contributed by atoms with Gasteiger partial charge in [0.05, 0.1) is 7.11 Å². The van der Waals surface area contributed by atoms with Crippen LogP contribution in [0.3, 0.4) is 0 Å². The van der Waals surface area contributed by atoms with Crippen molar-refractivity contribution in [2.45, 2.75) is 53.0 Å². The Labute approximate surface area is 126 Å². The molecule has 1 heterocycles. The fourth-order valence-corrected chi connectivity index (χ4v) is 1.78. The third kappa shape index (κ3) is 4.06. The van der Waals surface area contributed by atoms with E-state index in [0.717, 1.165) is 5.56 Å². The Hall–Kier alpha value is -1.85. The van der Waals surface area contributed by atoms with E-state index in [1.165, 1.54) is 7.11 Å². The highest BCUT2D eigenvalue weighted by molar-refractivity contribution is 5.79. The average Bonchev–Trinajstić information content (AvgIpc) is 2.37. The zero-order valence-electron chi connectivity index (χ0n) is 13.9. The Morgan fingerprint density at radius 1 is 1.29 bits per heavy atom. The maximum atomic E-state index is 11.9. The number of nitrogens with two attached hydrogens (primary N) is 1. The molecule has 21 heavy (non-hydrogen) atoms. The molecule has 3 N–H and O–H groups in total. The monoisotopic (exact) mass is 294 g/mol. The van der Waals surface area contributed by atoms with Gasteiger partial charge in [-0.2, -0.15) is 0 Å². The van der Waals surface area contributed by atoms with Gasteiger partial charge in [-0.1, -0.05) is 34.6 Å². The summed E-state index contributed by atoms with van der Waals surface area (Å²) in [5.74, 6) is 1.38. The molecule has 1 rings (SSSR count). The van der Waals surface area contributed by atoms with E-state index in [2.05, 4.69) is 15.3 Å². The molecule has 1 unspecified atom stereocenters. The zero-order valence-corrected chi connectivity index (χ0v) is 13.9. The summed E-state index contributed by atoms with van der Waals surface area (Å²) in [5, 5.41) is 3.15. The number of methoxy groups -OCH3 is 1. The van der Waals surface area contributed by atoms with Crippen molar-refractivity contribution in [1.29, 1.82) is 0 Å². The molecular formula is C15H26N4O2. The first-order valence-corrected chi connectivity index (χ1v) is 7.06. The van der Waals surface area contributed by atoms with Gasteiger partial charge in [0.2, 0.25) is 0 Å². The van der Waals surface area contributed by atoms with Crippen LogP contribution in [-0.4, -0.2) is 29.1 Å². The van der Waals surface area contributed by atoms with Crippen LogP contribution in [0.4, 0.5) is 11.6 Å². The summed E-state index contributed by atoms with van der Waals surface area (Å²) in [5.41, 5.74) is 6.48. The van der Waals surface area contributed by atoms with E-state index in [4.69, 9.17) is 10.5 Å². The molecule has 1 atom stereocenters. The number of rotatable bonds is 4. The number of carbonyl (C=O) groups is 1. The van der Waals surface area contributed by atoms with Crippen molar-refractivity contribution in [3.05, 3.63) is 11.4 Å². The number of aromatic nitrogens is 2. The van der Waals surface area contributed by atoms with Gasteiger partial charge in [0.25, 0.3) is 0 Å².